The van der Waals surface area contributed by atoms with Gasteiger partial charge in [-0.3, -0.25) is 15.0 Å². The van der Waals surface area contributed by atoms with Gasteiger partial charge < -0.3 is 19.2 Å². The topological polar surface area (TPSA) is 92.9 Å². The van der Waals surface area contributed by atoms with Crippen molar-refractivity contribution in [3.8, 4) is 0 Å². The largest absolute Gasteiger partial charge is 0.467 e. The number of carbonyl (C=O) groups is 2. The van der Waals surface area contributed by atoms with E-state index < -0.39 is 29.9 Å². The van der Waals surface area contributed by atoms with Gasteiger partial charge >= 0.3 is 5.97 Å². The third-order valence-corrected chi connectivity index (χ3v) is 6.78. The van der Waals surface area contributed by atoms with Gasteiger partial charge in [-0.05, 0) is 30.0 Å². The van der Waals surface area contributed by atoms with Crippen molar-refractivity contribution in [3.05, 3.63) is 59.8 Å². The zero-order chi connectivity index (χ0) is 23.2. The Morgan fingerprint density at radius 2 is 2.06 bits per heavy atom. The normalized spacial score (nSPS) is 26.8. The van der Waals surface area contributed by atoms with Crippen molar-refractivity contribution in [2.45, 2.75) is 50.7 Å². The van der Waals surface area contributed by atoms with Crippen LogP contribution >= 0.6 is 0 Å². The number of amides is 1. The van der Waals surface area contributed by atoms with Crippen LogP contribution in [0, 0.1) is 5.92 Å². The lowest BCUT2D eigenvalue weighted by atomic mass is 9.90. The summed E-state index contributed by atoms with van der Waals surface area (Å²) in [7, 11) is 1.34. The number of para-hydroxylation sites is 1. The summed E-state index contributed by atoms with van der Waals surface area (Å²) in [6, 6.07) is 6.73. The quantitative estimate of drug-likeness (QED) is 0.679. The average molecular weight is 452 g/mol. The van der Waals surface area contributed by atoms with E-state index in [1.165, 1.54) is 7.11 Å². The van der Waals surface area contributed by atoms with Crippen molar-refractivity contribution >= 4 is 22.8 Å². The Labute approximate surface area is 192 Å². The van der Waals surface area contributed by atoms with E-state index in [0.717, 1.165) is 22.2 Å². The first-order chi connectivity index (χ1) is 16.0. The number of ether oxygens (including phenoxy) is 3. The highest BCUT2D eigenvalue weighted by Crippen LogP contribution is 2.39. The molecular formula is C25H29N3O5. The molecule has 1 amide bonds. The standard InChI is InChI=1S/C25H29N3O5/c1-15(2)22(24(30)31-3)28(25-11-7-6-10-21(25)32-14-33-25)23(29)19-12-17-16-8-4-5-9-18(16)27-20(17)13-26-19/h4-11,15,19,21-22,26-27H,12-14H2,1-3H3/t19-,21?,22-,25-/m0/s1. The van der Waals surface area contributed by atoms with Gasteiger partial charge in [0.05, 0.1) is 13.2 Å². The highest BCUT2D eigenvalue weighted by atomic mass is 16.7. The molecule has 8 nitrogen and oxygen atoms in total. The predicted molar refractivity (Wildman–Crippen MR) is 122 cm³/mol. The van der Waals surface area contributed by atoms with Crippen LogP contribution in [0.5, 0.6) is 0 Å². The molecule has 5 rings (SSSR count). The Balaban J connectivity index is 1.55. The fourth-order valence-corrected chi connectivity index (χ4v) is 5.19. The first kappa shape index (κ1) is 21.9. The molecule has 1 aromatic carbocycles. The van der Waals surface area contributed by atoms with E-state index in [1.54, 1.807) is 11.0 Å². The number of nitrogens with zero attached hydrogens (tertiary/aromatic N) is 1. The van der Waals surface area contributed by atoms with Gasteiger partial charge in [0.2, 0.25) is 5.91 Å². The molecule has 8 heteroatoms. The van der Waals surface area contributed by atoms with E-state index in [9.17, 15) is 9.59 Å². The smallest absolute Gasteiger partial charge is 0.328 e. The molecule has 1 aromatic heterocycles. The van der Waals surface area contributed by atoms with Crippen LogP contribution in [0.1, 0.15) is 25.1 Å². The van der Waals surface area contributed by atoms with E-state index in [-0.39, 0.29) is 18.6 Å². The van der Waals surface area contributed by atoms with Gasteiger partial charge in [0.25, 0.3) is 0 Å². The van der Waals surface area contributed by atoms with Crippen LogP contribution in [-0.2, 0) is 36.8 Å². The fraction of sp³-hybridized carbons (Fsp3) is 0.440. The fourth-order valence-electron chi connectivity index (χ4n) is 5.19. The summed E-state index contributed by atoms with van der Waals surface area (Å²) in [5.74, 6) is -0.897. The Morgan fingerprint density at radius 3 is 2.85 bits per heavy atom. The minimum absolute atomic E-state index is 0.0276. The molecule has 1 aliphatic carbocycles. The molecular weight excluding hydrogens is 422 g/mol. The zero-order valence-corrected chi connectivity index (χ0v) is 19.0. The van der Waals surface area contributed by atoms with Gasteiger partial charge in [-0.15, -0.1) is 0 Å². The second-order valence-corrected chi connectivity index (χ2v) is 9.03. The summed E-state index contributed by atoms with van der Waals surface area (Å²) in [5, 5.41) is 4.48. The van der Waals surface area contributed by atoms with Crippen LogP contribution in [0.25, 0.3) is 10.9 Å². The third kappa shape index (κ3) is 3.49. The Hall–Kier alpha value is -2.94. The average Bonchev–Trinajstić information content (AvgIpc) is 3.42. The minimum Gasteiger partial charge on any atom is -0.467 e. The number of aromatic nitrogens is 1. The molecule has 2 N–H and O–H groups in total. The Bertz CT molecular complexity index is 1140. The number of H-pyrrole nitrogens is 1. The minimum atomic E-state index is -1.21. The summed E-state index contributed by atoms with van der Waals surface area (Å²) in [4.78, 5) is 32.2. The van der Waals surface area contributed by atoms with E-state index in [2.05, 4.69) is 16.4 Å². The number of esters is 1. The van der Waals surface area contributed by atoms with Crippen LogP contribution < -0.4 is 5.32 Å². The summed E-state index contributed by atoms with van der Waals surface area (Å²) < 4.78 is 17.0. The second kappa shape index (κ2) is 8.44. The number of benzene rings is 1. The number of hydrogen-bond donors (Lipinski definition) is 2. The summed E-state index contributed by atoms with van der Waals surface area (Å²) in [6.07, 6.45) is 7.34. The maximum Gasteiger partial charge on any atom is 0.328 e. The molecule has 0 bridgehead atoms. The van der Waals surface area contributed by atoms with Crippen LogP contribution in [0.2, 0.25) is 0 Å². The van der Waals surface area contributed by atoms with Crippen molar-refractivity contribution in [1.29, 1.82) is 0 Å². The molecule has 1 unspecified atom stereocenters. The van der Waals surface area contributed by atoms with Crippen molar-refractivity contribution < 1.29 is 23.8 Å². The summed E-state index contributed by atoms with van der Waals surface area (Å²) >= 11 is 0. The summed E-state index contributed by atoms with van der Waals surface area (Å²) in [6.45, 7) is 4.36. The molecule has 174 valence electrons. The van der Waals surface area contributed by atoms with Crippen LogP contribution in [-0.4, -0.2) is 59.6 Å². The lowest BCUT2D eigenvalue weighted by Gasteiger charge is -2.46. The monoisotopic (exact) mass is 451 g/mol. The maximum absolute atomic E-state index is 14.2. The lowest BCUT2D eigenvalue weighted by molar-refractivity contribution is -0.179. The third-order valence-electron chi connectivity index (χ3n) is 6.78. The highest BCUT2D eigenvalue weighted by Gasteiger charge is 2.56. The number of carbonyl (C=O) groups excluding carboxylic acids is 2. The van der Waals surface area contributed by atoms with E-state index in [1.807, 2.05) is 50.3 Å². The molecule has 0 radical (unpaired) electrons. The number of aromatic amines is 1. The van der Waals surface area contributed by atoms with E-state index >= 15 is 0 Å². The van der Waals surface area contributed by atoms with Gasteiger partial charge in [-0.25, -0.2) is 4.79 Å². The van der Waals surface area contributed by atoms with Crippen molar-refractivity contribution in [1.82, 2.24) is 15.2 Å². The summed E-state index contributed by atoms with van der Waals surface area (Å²) in [5.41, 5.74) is 2.04. The number of hydrogen-bond acceptors (Lipinski definition) is 6. The molecule has 1 fully saturated rings. The van der Waals surface area contributed by atoms with Gasteiger partial charge in [0.15, 0.2) is 12.5 Å². The number of nitrogens with one attached hydrogen (secondary N) is 2. The van der Waals surface area contributed by atoms with Gasteiger partial charge in [-0.2, -0.15) is 0 Å². The van der Waals surface area contributed by atoms with Crippen molar-refractivity contribution in [2.24, 2.45) is 5.92 Å². The van der Waals surface area contributed by atoms with Crippen LogP contribution in [0.4, 0.5) is 0 Å². The van der Waals surface area contributed by atoms with Gasteiger partial charge in [0, 0.05) is 23.1 Å². The number of rotatable bonds is 5. The van der Waals surface area contributed by atoms with Gasteiger partial charge in [-0.1, -0.05) is 50.3 Å². The molecule has 3 heterocycles. The SMILES string of the molecule is COC(=O)[C@H](C(C)C)N(C(=O)[C@@H]1Cc2c([nH]c3ccccc23)CN1)[C@]12C=CC=CC1OCO2. The van der Waals surface area contributed by atoms with Gasteiger partial charge in [0.1, 0.15) is 12.1 Å². The van der Waals surface area contributed by atoms with Crippen LogP contribution in [0.15, 0.2) is 48.6 Å². The number of methoxy groups -OCH3 is 1. The molecule has 33 heavy (non-hydrogen) atoms. The molecule has 0 spiro atoms. The lowest BCUT2D eigenvalue weighted by Crippen LogP contribution is -2.67. The van der Waals surface area contributed by atoms with Crippen molar-refractivity contribution in [3.63, 3.8) is 0 Å². The van der Waals surface area contributed by atoms with Crippen LogP contribution in [0.3, 0.4) is 0 Å². The number of allylic oxidation sites excluding steroid dienone is 2. The first-order valence-corrected chi connectivity index (χ1v) is 11.3. The molecule has 2 aliphatic heterocycles. The molecule has 0 saturated carbocycles. The second-order valence-electron chi connectivity index (χ2n) is 9.03. The Morgan fingerprint density at radius 1 is 1.24 bits per heavy atom. The van der Waals surface area contributed by atoms with E-state index in [4.69, 9.17) is 14.2 Å². The maximum atomic E-state index is 14.2. The van der Waals surface area contributed by atoms with E-state index in [0.29, 0.717) is 13.0 Å². The predicted octanol–water partition coefficient (Wildman–Crippen LogP) is 2.40. The molecule has 4 atom stereocenters. The van der Waals surface area contributed by atoms with Crippen molar-refractivity contribution in [2.75, 3.05) is 13.9 Å². The molecule has 1 saturated heterocycles. The first-order valence-electron chi connectivity index (χ1n) is 11.3. The number of fused-ring (bicyclic) bond motifs is 4. The Kier molecular flexibility index (Phi) is 5.60. The molecule has 3 aliphatic rings. The molecule has 2 aromatic rings. The zero-order valence-electron chi connectivity index (χ0n) is 19.0. The highest BCUT2D eigenvalue weighted by molar-refractivity contribution is 5.91.